The van der Waals surface area contributed by atoms with Crippen molar-refractivity contribution in [2.24, 2.45) is 0 Å². The fourth-order valence-corrected chi connectivity index (χ4v) is 0.250. The van der Waals surface area contributed by atoms with Crippen molar-refractivity contribution in [3.05, 3.63) is 0 Å². The van der Waals surface area contributed by atoms with E-state index in [4.69, 9.17) is 0 Å². The Labute approximate surface area is 84.6 Å². The molecule has 0 rings (SSSR count). The van der Waals surface area contributed by atoms with E-state index in [1.807, 2.05) is 13.8 Å². The Kier molecular flexibility index (Phi) is 22.1. The van der Waals surface area contributed by atoms with Crippen molar-refractivity contribution in [1.82, 2.24) is 0 Å². The molecule has 0 aliphatic heterocycles. The van der Waals surface area contributed by atoms with Gasteiger partial charge in [-0.05, 0) is 0 Å². The lowest BCUT2D eigenvalue weighted by Crippen LogP contribution is -1.88. The molecule has 0 saturated carbocycles. The lowest BCUT2D eigenvalue weighted by Gasteiger charge is -1.81. The average Bonchev–Trinajstić information content (AvgIpc) is 1.65. The molecule has 52 valence electrons. The quantitative estimate of drug-likeness (QED) is 0.706. The van der Waals surface area contributed by atoms with Crippen molar-refractivity contribution >= 4 is 53.7 Å². The summed E-state index contributed by atoms with van der Waals surface area (Å²) >= 11 is 0. The van der Waals surface area contributed by atoms with Crippen LogP contribution in [0.5, 0.6) is 0 Å². The average molecular weight is 342 g/mol. The maximum absolute atomic E-state index is 10.2. The Morgan fingerprint density at radius 3 is 1.38 bits per heavy atom. The molecule has 3 heteroatoms. The number of Topliss-reactive ketones (excluding diaryl/α,β-unsaturated/α-hetero) is 1. The lowest BCUT2D eigenvalue weighted by atomic mass is 10.3. The highest BCUT2D eigenvalue weighted by atomic mass is 127. The van der Waals surface area contributed by atoms with E-state index in [0.717, 1.165) is 0 Å². The first-order valence-electron chi connectivity index (χ1n) is 2.33. The topological polar surface area (TPSA) is 17.1 Å². The predicted octanol–water partition coefficient (Wildman–Crippen LogP) is 2.61. The van der Waals surface area contributed by atoms with Crippen molar-refractivity contribution in [2.45, 2.75) is 26.7 Å². The lowest BCUT2D eigenvalue weighted by molar-refractivity contribution is -0.118. The number of hydrogen-bond donors (Lipinski definition) is 0. The van der Waals surface area contributed by atoms with Crippen molar-refractivity contribution in [2.75, 3.05) is 0 Å². The molecule has 0 bridgehead atoms. The van der Waals surface area contributed by atoms with Gasteiger partial charge in [-0.25, -0.2) is 0 Å². The second-order valence-electron chi connectivity index (χ2n) is 1.25. The smallest absolute Gasteiger partial charge is 0.132 e. The van der Waals surface area contributed by atoms with Gasteiger partial charge in [0, 0.05) is 12.8 Å². The molecule has 8 heavy (non-hydrogen) atoms. The number of halogens is 2. The first kappa shape index (κ1) is 16.1. The summed E-state index contributed by atoms with van der Waals surface area (Å²) < 4.78 is 0. The van der Waals surface area contributed by atoms with Crippen LogP contribution in [0.2, 0.25) is 0 Å². The first-order chi connectivity index (χ1) is 2.81. The summed E-state index contributed by atoms with van der Waals surface area (Å²) in [6.07, 6.45) is 1.38. The van der Waals surface area contributed by atoms with Crippen LogP contribution in [0, 0.1) is 0 Å². The van der Waals surface area contributed by atoms with Gasteiger partial charge in [0.1, 0.15) is 5.78 Å². The van der Waals surface area contributed by atoms with Gasteiger partial charge in [0.05, 0.1) is 0 Å². The fourth-order valence-electron chi connectivity index (χ4n) is 0.250. The highest BCUT2D eigenvalue weighted by Crippen LogP contribution is 1.82. The normalized spacial score (nSPS) is 6.25. The van der Waals surface area contributed by atoms with Gasteiger partial charge in [0.15, 0.2) is 0 Å². The number of carbonyl (C=O) groups excluding carboxylic acids is 1. The summed E-state index contributed by atoms with van der Waals surface area (Å²) in [7, 11) is 0. The summed E-state index contributed by atoms with van der Waals surface area (Å²) in [5.41, 5.74) is 0. The van der Waals surface area contributed by atoms with Crippen molar-refractivity contribution in [3.63, 3.8) is 0 Å². The summed E-state index contributed by atoms with van der Waals surface area (Å²) in [6.45, 7) is 3.76. The molecule has 1 nitrogen and oxygen atoms in total. The molecule has 0 atom stereocenters. The van der Waals surface area contributed by atoms with E-state index < -0.39 is 0 Å². The van der Waals surface area contributed by atoms with Crippen molar-refractivity contribution < 1.29 is 4.79 Å². The maximum Gasteiger partial charge on any atom is 0.132 e. The number of hydrogen-bond acceptors (Lipinski definition) is 1. The van der Waals surface area contributed by atoms with E-state index in [9.17, 15) is 4.79 Å². The zero-order valence-corrected chi connectivity index (χ0v) is 9.80. The van der Waals surface area contributed by atoms with E-state index in [1.54, 1.807) is 0 Å². The SMILES string of the molecule is CCC(=O)CC.I.I. The van der Waals surface area contributed by atoms with Gasteiger partial charge in [0.2, 0.25) is 0 Å². The number of ketones is 1. The molecular formula is C5H12I2O. The molecule has 0 heterocycles. The summed E-state index contributed by atoms with van der Waals surface area (Å²) in [6, 6.07) is 0. The Hall–Kier alpha value is 1.13. The molecule has 0 aromatic carbocycles. The Balaban J connectivity index is -0.000000125. The minimum absolute atomic E-state index is 0. The van der Waals surface area contributed by atoms with Crippen LogP contribution < -0.4 is 0 Å². The van der Waals surface area contributed by atoms with Gasteiger partial charge in [-0.1, -0.05) is 13.8 Å². The summed E-state index contributed by atoms with van der Waals surface area (Å²) in [5.74, 6) is 0.343. The zero-order chi connectivity index (χ0) is 4.99. The van der Waals surface area contributed by atoms with Crippen LogP contribution in [-0.4, -0.2) is 5.78 Å². The van der Waals surface area contributed by atoms with Crippen molar-refractivity contribution in [1.29, 1.82) is 0 Å². The largest absolute Gasteiger partial charge is 0.300 e. The maximum atomic E-state index is 10.2. The second kappa shape index (κ2) is 11.0. The van der Waals surface area contributed by atoms with E-state index >= 15 is 0 Å². The molecule has 0 unspecified atom stereocenters. The van der Waals surface area contributed by atoms with Gasteiger partial charge >= 0.3 is 0 Å². The molecule has 0 N–H and O–H groups in total. The Morgan fingerprint density at radius 2 is 1.38 bits per heavy atom. The van der Waals surface area contributed by atoms with Crippen LogP contribution in [0.25, 0.3) is 0 Å². The highest BCUT2D eigenvalue weighted by Gasteiger charge is 1.86. The minimum Gasteiger partial charge on any atom is -0.300 e. The van der Waals surface area contributed by atoms with Crippen LogP contribution in [0.4, 0.5) is 0 Å². The van der Waals surface area contributed by atoms with Crippen LogP contribution >= 0.6 is 48.0 Å². The van der Waals surface area contributed by atoms with Crippen LogP contribution in [0.1, 0.15) is 26.7 Å². The van der Waals surface area contributed by atoms with E-state index in [2.05, 4.69) is 0 Å². The molecule has 0 fully saturated rings. The zero-order valence-electron chi connectivity index (χ0n) is 5.14. The molecule has 0 saturated heterocycles. The summed E-state index contributed by atoms with van der Waals surface area (Å²) in [4.78, 5) is 10.2. The predicted molar refractivity (Wildman–Crippen MR) is 56.4 cm³/mol. The molecule has 0 radical (unpaired) electrons. The molecule has 0 spiro atoms. The monoisotopic (exact) mass is 342 g/mol. The van der Waals surface area contributed by atoms with Crippen LogP contribution in [0.3, 0.4) is 0 Å². The molecular weight excluding hydrogens is 330 g/mol. The van der Waals surface area contributed by atoms with Crippen molar-refractivity contribution in [3.8, 4) is 0 Å². The minimum atomic E-state index is 0. The van der Waals surface area contributed by atoms with E-state index in [1.165, 1.54) is 0 Å². The molecule has 0 aromatic heterocycles. The number of carbonyl (C=O) groups is 1. The third-order valence-electron chi connectivity index (χ3n) is 0.789. The van der Waals surface area contributed by atoms with Crippen LogP contribution in [0.15, 0.2) is 0 Å². The third kappa shape index (κ3) is 10.2. The molecule has 0 aliphatic rings. The van der Waals surface area contributed by atoms with Gasteiger partial charge < -0.3 is 0 Å². The Bertz CT molecular complexity index is 48.4. The third-order valence-corrected chi connectivity index (χ3v) is 0.789. The van der Waals surface area contributed by atoms with Gasteiger partial charge in [0.25, 0.3) is 0 Å². The van der Waals surface area contributed by atoms with Gasteiger partial charge in [-0.2, -0.15) is 0 Å². The summed E-state index contributed by atoms with van der Waals surface area (Å²) in [5, 5.41) is 0. The Morgan fingerprint density at radius 1 is 1.12 bits per heavy atom. The standard InChI is InChI=1S/C5H10O.2HI/c1-3-5(6)4-2;;/h3-4H2,1-2H3;2*1H. The van der Waals surface area contributed by atoms with Gasteiger partial charge in [-0.15, -0.1) is 48.0 Å². The highest BCUT2D eigenvalue weighted by molar-refractivity contribution is 14.0. The van der Waals surface area contributed by atoms with E-state index in [-0.39, 0.29) is 48.0 Å². The first-order valence-corrected chi connectivity index (χ1v) is 2.33. The molecule has 0 amide bonds. The molecule has 0 aromatic rings. The van der Waals surface area contributed by atoms with Crippen LogP contribution in [-0.2, 0) is 4.79 Å². The number of rotatable bonds is 2. The van der Waals surface area contributed by atoms with E-state index in [0.29, 0.717) is 18.6 Å². The van der Waals surface area contributed by atoms with Gasteiger partial charge in [-0.3, -0.25) is 4.79 Å². The fraction of sp³-hybridized carbons (Fsp3) is 0.800. The second-order valence-corrected chi connectivity index (χ2v) is 1.25. The molecule has 0 aliphatic carbocycles.